The Morgan fingerprint density at radius 2 is 1.77 bits per heavy atom. The largest absolute Gasteiger partial charge is 0.356 e. The number of aliphatic imine (C=N–C) groups is 1. The van der Waals surface area contributed by atoms with E-state index >= 15 is 0 Å². The predicted molar refractivity (Wildman–Crippen MR) is 107 cm³/mol. The predicted octanol–water partition coefficient (Wildman–Crippen LogP) is 3.34. The molecule has 1 atom stereocenters. The minimum absolute atomic E-state index is 0.197. The van der Waals surface area contributed by atoms with E-state index < -0.39 is 0 Å². The average molecular weight is 347 g/mol. The smallest absolute Gasteiger partial charge is 0.191 e. The Kier molecular flexibility index (Phi) is 6.04. The lowest BCUT2D eigenvalue weighted by molar-refractivity contribution is 0.684. The van der Waals surface area contributed by atoms with Gasteiger partial charge < -0.3 is 10.6 Å². The van der Waals surface area contributed by atoms with Gasteiger partial charge in [0, 0.05) is 19.8 Å². The minimum Gasteiger partial charge on any atom is -0.356 e. The van der Waals surface area contributed by atoms with E-state index in [4.69, 9.17) is 0 Å². The van der Waals surface area contributed by atoms with Crippen molar-refractivity contribution in [2.75, 3.05) is 13.6 Å². The molecule has 0 saturated heterocycles. The van der Waals surface area contributed by atoms with E-state index in [1.807, 2.05) is 59.4 Å². The number of hydrogen-bond acceptors (Lipinski definition) is 2. The summed E-state index contributed by atoms with van der Waals surface area (Å²) in [5.74, 6) is 0.803. The fourth-order valence-corrected chi connectivity index (χ4v) is 2.76. The second-order valence-electron chi connectivity index (χ2n) is 6.15. The van der Waals surface area contributed by atoms with Gasteiger partial charge in [-0.15, -0.1) is 0 Å². The zero-order chi connectivity index (χ0) is 18.2. The molecule has 0 aliphatic rings. The van der Waals surface area contributed by atoms with Gasteiger partial charge in [-0.2, -0.15) is 5.10 Å². The van der Waals surface area contributed by atoms with Crippen molar-refractivity contribution >= 4 is 5.96 Å². The summed E-state index contributed by atoms with van der Waals surface area (Å²) >= 11 is 0. The molecule has 0 aliphatic heterocycles. The summed E-state index contributed by atoms with van der Waals surface area (Å²) in [7, 11) is 1.79. The van der Waals surface area contributed by atoms with E-state index in [2.05, 4.69) is 46.0 Å². The Bertz CT molecular complexity index is 824. The van der Waals surface area contributed by atoms with E-state index in [0.29, 0.717) is 0 Å². The van der Waals surface area contributed by atoms with Crippen LogP contribution in [-0.4, -0.2) is 29.3 Å². The monoisotopic (exact) mass is 347 g/mol. The first kappa shape index (κ1) is 17.7. The third-order valence-corrected chi connectivity index (χ3v) is 4.24. The molecule has 26 heavy (non-hydrogen) atoms. The number of guanidine groups is 1. The molecule has 5 nitrogen and oxygen atoms in total. The Morgan fingerprint density at radius 3 is 2.46 bits per heavy atom. The standard InChI is InChI=1S/C21H25N5/c1-17(19-9-5-3-6-10-19)25-21(22-2)23-14-13-18-15-24-26(16-18)20-11-7-4-8-12-20/h3-12,15-17H,13-14H2,1-2H3,(H2,22,23,25). The van der Waals surface area contributed by atoms with Gasteiger partial charge in [-0.25, -0.2) is 4.68 Å². The molecule has 3 rings (SSSR count). The second-order valence-corrected chi connectivity index (χ2v) is 6.15. The summed E-state index contributed by atoms with van der Waals surface area (Å²) in [6.45, 7) is 2.92. The Morgan fingerprint density at radius 1 is 1.08 bits per heavy atom. The molecule has 0 aliphatic carbocycles. The molecule has 5 heteroatoms. The molecule has 134 valence electrons. The third-order valence-electron chi connectivity index (χ3n) is 4.24. The molecule has 3 aromatic rings. The fraction of sp³-hybridized carbons (Fsp3) is 0.238. The van der Waals surface area contributed by atoms with Crippen molar-refractivity contribution in [2.24, 2.45) is 4.99 Å². The number of rotatable bonds is 6. The van der Waals surface area contributed by atoms with Crippen molar-refractivity contribution in [3.05, 3.63) is 84.2 Å². The molecule has 1 heterocycles. The molecule has 2 aromatic carbocycles. The van der Waals surface area contributed by atoms with Crippen LogP contribution in [0.5, 0.6) is 0 Å². The van der Waals surface area contributed by atoms with Crippen molar-refractivity contribution in [3.63, 3.8) is 0 Å². The molecule has 0 spiro atoms. The molecular formula is C21H25N5. The van der Waals surface area contributed by atoms with E-state index in [1.54, 1.807) is 7.05 Å². The molecule has 0 amide bonds. The molecule has 0 saturated carbocycles. The fourth-order valence-electron chi connectivity index (χ4n) is 2.76. The molecule has 2 N–H and O–H groups in total. The Balaban J connectivity index is 1.50. The highest BCUT2D eigenvalue weighted by atomic mass is 15.3. The van der Waals surface area contributed by atoms with Gasteiger partial charge in [0.15, 0.2) is 5.96 Å². The van der Waals surface area contributed by atoms with Crippen molar-refractivity contribution in [1.82, 2.24) is 20.4 Å². The Hall–Kier alpha value is -3.08. The maximum absolute atomic E-state index is 4.44. The lowest BCUT2D eigenvalue weighted by Crippen LogP contribution is -2.39. The number of nitrogens with zero attached hydrogens (tertiary/aromatic N) is 3. The van der Waals surface area contributed by atoms with Gasteiger partial charge in [0.05, 0.1) is 17.9 Å². The molecule has 0 bridgehead atoms. The molecule has 1 unspecified atom stereocenters. The molecule has 0 radical (unpaired) electrons. The van der Waals surface area contributed by atoms with Crippen LogP contribution in [0.3, 0.4) is 0 Å². The Labute approximate surface area is 154 Å². The quantitative estimate of drug-likeness (QED) is 0.531. The van der Waals surface area contributed by atoms with Crippen LogP contribution in [0, 0.1) is 0 Å². The van der Waals surface area contributed by atoms with E-state index in [9.17, 15) is 0 Å². The van der Waals surface area contributed by atoms with Crippen LogP contribution in [0.1, 0.15) is 24.1 Å². The molecule has 0 fully saturated rings. The molecular weight excluding hydrogens is 322 g/mol. The lowest BCUT2D eigenvalue weighted by atomic mass is 10.1. The summed E-state index contributed by atoms with van der Waals surface area (Å²) in [4.78, 5) is 4.31. The first-order chi connectivity index (χ1) is 12.8. The van der Waals surface area contributed by atoms with Gasteiger partial charge in [0.25, 0.3) is 0 Å². The van der Waals surface area contributed by atoms with Gasteiger partial charge in [-0.05, 0) is 36.6 Å². The average Bonchev–Trinajstić information content (AvgIpc) is 3.17. The van der Waals surface area contributed by atoms with Gasteiger partial charge in [0.2, 0.25) is 0 Å². The van der Waals surface area contributed by atoms with Crippen LogP contribution in [-0.2, 0) is 6.42 Å². The lowest BCUT2D eigenvalue weighted by Gasteiger charge is -2.18. The van der Waals surface area contributed by atoms with Crippen LogP contribution in [0.25, 0.3) is 5.69 Å². The van der Waals surface area contributed by atoms with E-state index in [0.717, 1.165) is 24.6 Å². The van der Waals surface area contributed by atoms with Crippen molar-refractivity contribution in [2.45, 2.75) is 19.4 Å². The molecule has 1 aromatic heterocycles. The first-order valence-corrected chi connectivity index (χ1v) is 8.87. The van der Waals surface area contributed by atoms with Crippen molar-refractivity contribution in [3.8, 4) is 5.69 Å². The first-order valence-electron chi connectivity index (χ1n) is 8.87. The van der Waals surface area contributed by atoms with Crippen LogP contribution >= 0.6 is 0 Å². The number of benzene rings is 2. The summed E-state index contributed by atoms with van der Waals surface area (Å²) in [6.07, 6.45) is 4.87. The van der Waals surface area contributed by atoms with Gasteiger partial charge in [0.1, 0.15) is 0 Å². The van der Waals surface area contributed by atoms with Crippen LogP contribution in [0.15, 0.2) is 78.0 Å². The minimum atomic E-state index is 0.197. The van der Waals surface area contributed by atoms with Gasteiger partial charge in [-0.3, -0.25) is 4.99 Å². The summed E-state index contributed by atoms with van der Waals surface area (Å²) in [6, 6.07) is 20.7. The maximum atomic E-state index is 4.44. The highest BCUT2D eigenvalue weighted by Gasteiger charge is 2.07. The van der Waals surface area contributed by atoms with Crippen LogP contribution in [0.4, 0.5) is 0 Å². The van der Waals surface area contributed by atoms with Gasteiger partial charge in [-0.1, -0.05) is 48.5 Å². The second kappa shape index (κ2) is 8.85. The van der Waals surface area contributed by atoms with E-state index in [-0.39, 0.29) is 6.04 Å². The number of nitrogens with one attached hydrogen (secondary N) is 2. The van der Waals surface area contributed by atoms with Crippen LogP contribution in [0.2, 0.25) is 0 Å². The van der Waals surface area contributed by atoms with Gasteiger partial charge >= 0.3 is 0 Å². The van der Waals surface area contributed by atoms with Crippen molar-refractivity contribution in [1.29, 1.82) is 0 Å². The van der Waals surface area contributed by atoms with Crippen molar-refractivity contribution < 1.29 is 0 Å². The maximum Gasteiger partial charge on any atom is 0.191 e. The van der Waals surface area contributed by atoms with Crippen LogP contribution < -0.4 is 10.6 Å². The number of hydrogen-bond donors (Lipinski definition) is 2. The summed E-state index contributed by atoms with van der Waals surface area (Å²) in [5.41, 5.74) is 3.49. The SMILES string of the molecule is CN=C(NCCc1cnn(-c2ccccc2)c1)NC(C)c1ccccc1. The number of aromatic nitrogens is 2. The highest BCUT2D eigenvalue weighted by molar-refractivity contribution is 5.80. The topological polar surface area (TPSA) is 54.2 Å². The zero-order valence-electron chi connectivity index (χ0n) is 15.3. The normalized spacial score (nSPS) is 12.6. The van der Waals surface area contributed by atoms with E-state index in [1.165, 1.54) is 11.1 Å². The highest BCUT2D eigenvalue weighted by Crippen LogP contribution is 2.11. The summed E-state index contributed by atoms with van der Waals surface area (Å²) < 4.78 is 1.90. The zero-order valence-corrected chi connectivity index (χ0v) is 15.3. The third kappa shape index (κ3) is 4.72. The number of para-hydroxylation sites is 1. The summed E-state index contributed by atoms with van der Waals surface area (Å²) in [5, 5.41) is 11.2.